The molecule has 0 bridgehead atoms. The first-order chi connectivity index (χ1) is 8.56. The molecule has 0 aliphatic heterocycles. The van der Waals surface area contributed by atoms with Crippen molar-refractivity contribution >= 4 is 11.4 Å². The summed E-state index contributed by atoms with van der Waals surface area (Å²) in [6.07, 6.45) is 1.79. The zero-order valence-corrected chi connectivity index (χ0v) is 10.1. The molecule has 0 fully saturated rings. The van der Waals surface area contributed by atoms with Crippen molar-refractivity contribution < 1.29 is 4.92 Å². The van der Waals surface area contributed by atoms with Crippen molar-refractivity contribution in [1.82, 2.24) is 15.0 Å². The van der Waals surface area contributed by atoms with Gasteiger partial charge >= 0.3 is 0 Å². The minimum absolute atomic E-state index is 0.0715. The number of hydrogen-bond acceptors (Lipinski definition) is 5. The van der Waals surface area contributed by atoms with Crippen molar-refractivity contribution in [1.29, 1.82) is 0 Å². The first kappa shape index (κ1) is 12.0. The zero-order chi connectivity index (χ0) is 13.1. The molecular formula is C11H13N5O2. The fraction of sp³-hybridized carbons (Fsp3) is 0.273. The molecule has 1 heterocycles. The van der Waals surface area contributed by atoms with Crippen molar-refractivity contribution in [2.45, 2.75) is 13.5 Å². The molecule has 0 spiro atoms. The Morgan fingerprint density at radius 2 is 2.28 bits per heavy atom. The van der Waals surface area contributed by atoms with Crippen LogP contribution in [0, 0.1) is 17.0 Å². The van der Waals surface area contributed by atoms with Gasteiger partial charge in [0.25, 0.3) is 5.69 Å². The molecule has 0 unspecified atom stereocenters. The van der Waals surface area contributed by atoms with Gasteiger partial charge in [0.2, 0.25) is 0 Å². The van der Waals surface area contributed by atoms with E-state index in [1.54, 1.807) is 24.0 Å². The molecule has 18 heavy (non-hydrogen) atoms. The highest BCUT2D eigenvalue weighted by Crippen LogP contribution is 2.22. The Hall–Kier alpha value is -2.44. The minimum Gasteiger partial charge on any atom is -0.379 e. The lowest BCUT2D eigenvalue weighted by Crippen LogP contribution is -2.02. The molecule has 7 nitrogen and oxygen atoms in total. The van der Waals surface area contributed by atoms with E-state index >= 15 is 0 Å². The SMILES string of the molecule is Cc1ccc([N+](=O)[O-])cc1NCc1cn(C)nn1. The number of nitro benzene ring substituents is 1. The number of benzene rings is 1. The van der Waals surface area contributed by atoms with E-state index in [-0.39, 0.29) is 5.69 Å². The average molecular weight is 247 g/mol. The van der Waals surface area contributed by atoms with E-state index in [1.807, 2.05) is 6.92 Å². The third-order valence-corrected chi connectivity index (χ3v) is 2.54. The number of anilines is 1. The van der Waals surface area contributed by atoms with Crippen molar-refractivity contribution in [3.05, 3.63) is 45.8 Å². The van der Waals surface area contributed by atoms with E-state index < -0.39 is 4.92 Å². The second-order valence-electron chi connectivity index (χ2n) is 3.99. The van der Waals surface area contributed by atoms with Gasteiger partial charge in [0, 0.05) is 31.1 Å². The molecule has 7 heteroatoms. The van der Waals surface area contributed by atoms with Gasteiger partial charge in [-0.1, -0.05) is 11.3 Å². The molecule has 2 rings (SSSR count). The van der Waals surface area contributed by atoms with E-state index in [0.29, 0.717) is 6.54 Å². The lowest BCUT2D eigenvalue weighted by molar-refractivity contribution is -0.384. The third-order valence-electron chi connectivity index (χ3n) is 2.54. The topological polar surface area (TPSA) is 85.9 Å². The Morgan fingerprint density at radius 3 is 2.89 bits per heavy atom. The Morgan fingerprint density at radius 1 is 1.50 bits per heavy atom. The monoisotopic (exact) mass is 247 g/mol. The highest BCUT2D eigenvalue weighted by molar-refractivity contribution is 5.56. The smallest absolute Gasteiger partial charge is 0.271 e. The molecule has 0 saturated heterocycles. The summed E-state index contributed by atoms with van der Waals surface area (Å²) in [5.74, 6) is 0. The summed E-state index contributed by atoms with van der Waals surface area (Å²) in [6.45, 7) is 2.37. The van der Waals surface area contributed by atoms with Gasteiger partial charge < -0.3 is 5.32 Å². The van der Waals surface area contributed by atoms with Crippen LogP contribution in [0.25, 0.3) is 0 Å². The third kappa shape index (κ3) is 2.62. The maximum absolute atomic E-state index is 10.7. The van der Waals surface area contributed by atoms with Crippen molar-refractivity contribution in [2.24, 2.45) is 7.05 Å². The highest BCUT2D eigenvalue weighted by Gasteiger charge is 2.08. The summed E-state index contributed by atoms with van der Waals surface area (Å²) in [6, 6.07) is 4.73. The van der Waals surface area contributed by atoms with Gasteiger partial charge in [-0.05, 0) is 12.5 Å². The standard InChI is InChI=1S/C11H13N5O2/c1-8-3-4-10(16(17)18)5-11(8)12-6-9-7-15(2)14-13-9/h3-5,7,12H,6H2,1-2H3. The summed E-state index contributed by atoms with van der Waals surface area (Å²) >= 11 is 0. The molecule has 0 aliphatic carbocycles. The van der Waals surface area contributed by atoms with Crippen LogP contribution in [-0.2, 0) is 13.6 Å². The summed E-state index contributed by atoms with van der Waals surface area (Å²) in [7, 11) is 1.79. The minimum atomic E-state index is -0.410. The van der Waals surface area contributed by atoms with Crippen LogP contribution >= 0.6 is 0 Å². The van der Waals surface area contributed by atoms with Crippen molar-refractivity contribution in [3.63, 3.8) is 0 Å². The Labute approximate surface area is 104 Å². The second kappa shape index (κ2) is 4.82. The molecule has 0 atom stereocenters. The fourth-order valence-corrected chi connectivity index (χ4v) is 1.58. The van der Waals surface area contributed by atoms with E-state index in [2.05, 4.69) is 15.6 Å². The Balaban J connectivity index is 2.13. The first-order valence-corrected chi connectivity index (χ1v) is 5.40. The first-order valence-electron chi connectivity index (χ1n) is 5.40. The molecule has 1 aromatic heterocycles. The molecule has 0 amide bonds. The summed E-state index contributed by atoms with van der Waals surface area (Å²) in [5, 5.41) is 21.6. The lowest BCUT2D eigenvalue weighted by Gasteiger charge is -2.07. The van der Waals surface area contributed by atoms with E-state index in [1.165, 1.54) is 12.1 Å². The number of aryl methyl sites for hydroxylation is 2. The van der Waals surface area contributed by atoms with Crippen LogP contribution in [0.15, 0.2) is 24.4 Å². The molecule has 94 valence electrons. The van der Waals surface area contributed by atoms with Gasteiger partial charge in [-0.3, -0.25) is 14.8 Å². The van der Waals surface area contributed by atoms with E-state index in [0.717, 1.165) is 16.9 Å². The van der Waals surface area contributed by atoms with Gasteiger partial charge in [-0.25, -0.2) is 0 Å². The Bertz CT molecular complexity index is 579. The number of nitrogens with one attached hydrogen (secondary N) is 1. The van der Waals surface area contributed by atoms with Crippen LogP contribution in [0.4, 0.5) is 11.4 Å². The molecule has 0 radical (unpaired) electrons. The van der Waals surface area contributed by atoms with Crippen molar-refractivity contribution in [3.8, 4) is 0 Å². The maximum Gasteiger partial charge on any atom is 0.271 e. The molecule has 0 aliphatic rings. The predicted molar refractivity (Wildman–Crippen MR) is 66.2 cm³/mol. The number of hydrogen-bond donors (Lipinski definition) is 1. The normalized spacial score (nSPS) is 10.3. The summed E-state index contributed by atoms with van der Waals surface area (Å²) in [4.78, 5) is 10.3. The van der Waals surface area contributed by atoms with Gasteiger partial charge in [0.1, 0.15) is 5.69 Å². The van der Waals surface area contributed by atoms with Crippen LogP contribution in [-0.4, -0.2) is 19.9 Å². The number of aromatic nitrogens is 3. The number of non-ortho nitro benzene ring substituents is 1. The van der Waals surface area contributed by atoms with Gasteiger partial charge in [-0.15, -0.1) is 5.10 Å². The van der Waals surface area contributed by atoms with E-state index in [9.17, 15) is 10.1 Å². The molecule has 0 saturated carbocycles. The quantitative estimate of drug-likeness (QED) is 0.655. The molecule has 2 aromatic rings. The van der Waals surface area contributed by atoms with Crippen LogP contribution in [0.1, 0.15) is 11.3 Å². The molecule has 1 aromatic carbocycles. The number of nitrogens with zero attached hydrogens (tertiary/aromatic N) is 4. The lowest BCUT2D eigenvalue weighted by atomic mass is 10.2. The van der Waals surface area contributed by atoms with Crippen LogP contribution in [0.2, 0.25) is 0 Å². The fourth-order valence-electron chi connectivity index (χ4n) is 1.58. The van der Waals surface area contributed by atoms with Crippen LogP contribution in [0.5, 0.6) is 0 Å². The highest BCUT2D eigenvalue weighted by atomic mass is 16.6. The van der Waals surface area contributed by atoms with Gasteiger partial charge in [-0.2, -0.15) is 0 Å². The van der Waals surface area contributed by atoms with E-state index in [4.69, 9.17) is 0 Å². The summed E-state index contributed by atoms with van der Waals surface area (Å²) in [5.41, 5.74) is 2.53. The van der Waals surface area contributed by atoms with Crippen LogP contribution < -0.4 is 5.32 Å². The average Bonchev–Trinajstić information content (AvgIpc) is 2.74. The number of rotatable bonds is 4. The second-order valence-corrected chi connectivity index (χ2v) is 3.99. The largest absolute Gasteiger partial charge is 0.379 e. The maximum atomic E-state index is 10.7. The van der Waals surface area contributed by atoms with Crippen molar-refractivity contribution in [2.75, 3.05) is 5.32 Å². The van der Waals surface area contributed by atoms with Gasteiger partial charge in [0.15, 0.2) is 0 Å². The molecular weight excluding hydrogens is 234 g/mol. The summed E-state index contributed by atoms with van der Waals surface area (Å²) < 4.78 is 1.61. The van der Waals surface area contributed by atoms with Gasteiger partial charge in [0.05, 0.1) is 11.5 Å². The zero-order valence-electron chi connectivity index (χ0n) is 10.1. The molecule has 1 N–H and O–H groups in total. The van der Waals surface area contributed by atoms with Crippen LogP contribution in [0.3, 0.4) is 0 Å². The Kier molecular flexibility index (Phi) is 3.22. The predicted octanol–water partition coefficient (Wildman–Crippen LogP) is 1.64. The number of nitro groups is 1.